The summed E-state index contributed by atoms with van der Waals surface area (Å²) in [5, 5.41) is 0.827. The van der Waals surface area contributed by atoms with Crippen LogP contribution in [0.1, 0.15) is 12.0 Å². The lowest BCUT2D eigenvalue weighted by molar-refractivity contribution is -0.128. The lowest BCUT2D eigenvalue weighted by Crippen LogP contribution is -2.39. The molecular weight excluding hydrogens is 462 g/mol. The van der Waals surface area contributed by atoms with Crippen molar-refractivity contribution in [2.75, 3.05) is 31.4 Å². The number of hydrogen-bond donors (Lipinski definition) is 0. The number of amides is 1. The van der Waals surface area contributed by atoms with Gasteiger partial charge < -0.3 is 9.64 Å². The number of aryl methyl sites for hydroxylation is 1. The lowest BCUT2D eigenvalue weighted by Gasteiger charge is -2.23. The van der Waals surface area contributed by atoms with Gasteiger partial charge in [0.2, 0.25) is 5.91 Å². The Bertz CT molecular complexity index is 1380. The van der Waals surface area contributed by atoms with E-state index in [-0.39, 0.29) is 34.8 Å². The van der Waals surface area contributed by atoms with E-state index in [9.17, 15) is 18.0 Å². The van der Waals surface area contributed by atoms with Crippen molar-refractivity contribution in [3.63, 3.8) is 0 Å². The van der Waals surface area contributed by atoms with Gasteiger partial charge in [-0.3, -0.25) is 14.2 Å². The molecule has 1 aromatic heterocycles. The second-order valence-corrected chi connectivity index (χ2v) is 11.2. The number of rotatable bonds is 6. The van der Waals surface area contributed by atoms with Crippen LogP contribution in [-0.4, -0.2) is 66.2 Å². The highest BCUT2D eigenvalue weighted by Crippen LogP contribution is 2.28. The maximum Gasteiger partial charge on any atom is 0.266 e. The summed E-state index contributed by atoms with van der Waals surface area (Å²) >= 11 is 1.15. The Labute approximate surface area is 196 Å². The van der Waals surface area contributed by atoms with Crippen LogP contribution in [0.2, 0.25) is 0 Å². The first-order valence-corrected chi connectivity index (χ1v) is 13.3. The quantitative estimate of drug-likeness (QED) is 0.389. The second-order valence-electron chi connectivity index (χ2n) is 8.08. The third kappa shape index (κ3) is 4.77. The van der Waals surface area contributed by atoms with E-state index in [1.165, 1.54) is 16.6 Å². The Hall–Kier alpha value is -2.85. The summed E-state index contributed by atoms with van der Waals surface area (Å²) in [5.74, 6) is 0.403. The summed E-state index contributed by atoms with van der Waals surface area (Å²) in [6.45, 7) is 1.92. The van der Waals surface area contributed by atoms with Crippen LogP contribution in [-0.2, 0) is 14.6 Å². The minimum absolute atomic E-state index is 0.0146. The van der Waals surface area contributed by atoms with Crippen molar-refractivity contribution in [2.24, 2.45) is 0 Å². The second kappa shape index (κ2) is 9.18. The number of thioether (sulfide) groups is 1. The molecule has 174 valence electrons. The number of sulfone groups is 1. The Morgan fingerprint density at radius 2 is 2.03 bits per heavy atom. The molecule has 1 fully saturated rings. The molecule has 0 radical (unpaired) electrons. The number of hydrogen-bond acceptors (Lipinski definition) is 7. The molecule has 0 aliphatic carbocycles. The van der Waals surface area contributed by atoms with Gasteiger partial charge in [-0.25, -0.2) is 13.4 Å². The molecule has 1 aliphatic heterocycles. The zero-order chi connectivity index (χ0) is 23.8. The molecular formula is C23H25N3O5S2. The molecule has 0 unspecified atom stereocenters. The summed E-state index contributed by atoms with van der Waals surface area (Å²) in [4.78, 5) is 32.5. The summed E-state index contributed by atoms with van der Waals surface area (Å²) in [7, 11) is 0.0623. The SMILES string of the molecule is COc1ccc(C)cc1-n1c(SCC(=O)N(C)[C@H]2CCS(=O)(=O)C2)nc2ccccc2c1=O. The Morgan fingerprint density at radius 1 is 1.27 bits per heavy atom. The van der Waals surface area contributed by atoms with Gasteiger partial charge >= 0.3 is 0 Å². The minimum Gasteiger partial charge on any atom is -0.495 e. The van der Waals surface area contributed by atoms with Gasteiger partial charge in [0, 0.05) is 13.1 Å². The Balaban J connectivity index is 1.72. The number of carbonyl (C=O) groups is 1. The van der Waals surface area contributed by atoms with Gasteiger partial charge in [-0.1, -0.05) is 30.0 Å². The first-order valence-electron chi connectivity index (χ1n) is 10.5. The smallest absolute Gasteiger partial charge is 0.266 e. The van der Waals surface area contributed by atoms with Gasteiger partial charge in [0.1, 0.15) is 5.75 Å². The van der Waals surface area contributed by atoms with E-state index in [1.807, 2.05) is 19.1 Å². The number of methoxy groups -OCH3 is 1. The first-order chi connectivity index (χ1) is 15.7. The van der Waals surface area contributed by atoms with Crippen LogP contribution in [0.3, 0.4) is 0 Å². The van der Waals surface area contributed by atoms with E-state index in [1.54, 1.807) is 37.4 Å². The highest BCUT2D eigenvalue weighted by Gasteiger charge is 2.32. The van der Waals surface area contributed by atoms with Crippen LogP contribution >= 0.6 is 11.8 Å². The van der Waals surface area contributed by atoms with Crippen molar-refractivity contribution in [3.05, 3.63) is 58.4 Å². The topological polar surface area (TPSA) is 98.6 Å². The molecule has 0 bridgehead atoms. The molecule has 2 heterocycles. The fraction of sp³-hybridized carbons (Fsp3) is 0.348. The first kappa shape index (κ1) is 23.3. The average molecular weight is 488 g/mol. The highest BCUT2D eigenvalue weighted by molar-refractivity contribution is 7.99. The van der Waals surface area contributed by atoms with Gasteiger partial charge in [-0.2, -0.15) is 0 Å². The number of nitrogens with zero attached hydrogens (tertiary/aromatic N) is 3. The molecule has 1 aliphatic rings. The Morgan fingerprint density at radius 3 is 2.73 bits per heavy atom. The monoisotopic (exact) mass is 487 g/mol. The van der Waals surface area contributed by atoms with Crippen LogP contribution in [0, 0.1) is 6.92 Å². The fourth-order valence-corrected chi connectivity index (χ4v) is 6.61. The molecule has 3 aromatic rings. The van der Waals surface area contributed by atoms with E-state index in [0.29, 0.717) is 33.9 Å². The van der Waals surface area contributed by atoms with Crippen LogP contribution < -0.4 is 10.3 Å². The lowest BCUT2D eigenvalue weighted by atomic mass is 10.2. The van der Waals surface area contributed by atoms with E-state index in [2.05, 4.69) is 4.98 Å². The third-order valence-electron chi connectivity index (χ3n) is 5.79. The van der Waals surface area contributed by atoms with Crippen molar-refractivity contribution < 1.29 is 17.9 Å². The molecule has 1 amide bonds. The maximum atomic E-state index is 13.5. The van der Waals surface area contributed by atoms with Crippen molar-refractivity contribution in [2.45, 2.75) is 24.5 Å². The summed E-state index contributed by atoms with van der Waals surface area (Å²) in [6.07, 6.45) is 0.439. The zero-order valence-corrected chi connectivity index (χ0v) is 20.3. The number of fused-ring (bicyclic) bond motifs is 1. The molecule has 0 saturated carbocycles. The third-order valence-corrected chi connectivity index (χ3v) is 8.47. The number of ether oxygens (including phenoxy) is 1. The van der Waals surface area contributed by atoms with Crippen LogP contribution in [0.25, 0.3) is 16.6 Å². The number of benzene rings is 2. The largest absolute Gasteiger partial charge is 0.495 e. The molecule has 0 N–H and O–H groups in total. The summed E-state index contributed by atoms with van der Waals surface area (Å²) < 4.78 is 30.6. The molecule has 2 aromatic carbocycles. The molecule has 1 atom stereocenters. The number of carbonyl (C=O) groups excluding carboxylic acids is 1. The van der Waals surface area contributed by atoms with Gasteiger partial charge in [0.25, 0.3) is 5.56 Å². The number of aromatic nitrogens is 2. The van der Waals surface area contributed by atoms with E-state index in [4.69, 9.17) is 4.74 Å². The molecule has 1 saturated heterocycles. The fourth-order valence-electron chi connectivity index (χ4n) is 3.91. The standard InChI is InChI=1S/C23H25N3O5S2/c1-15-8-9-20(31-3)19(12-15)26-22(28)17-6-4-5-7-18(17)24-23(26)32-13-21(27)25(2)16-10-11-33(29,30)14-16/h4-9,12,16H,10-11,13-14H2,1-3H3/t16-/m0/s1. The molecule has 8 nitrogen and oxygen atoms in total. The Kier molecular flexibility index (Phi) is 6.49. The number of para-hydroxylation sites is 1. The molecule has 10 heteroatoms. The van der Waals surface area contributed by atoms with Gasteiger partial charge in [0.15, 0.2) is 15.0 Å². The minimum atomic E-state index is -3.10. The van der Waals surface area contributed by atoms with Crippen LogP contribution in [0.5, 0.6) is 5.75 Å². The van der Waals surface area contributed by atoms with Crippen molar-refractivity contribution in [1.29, 1.82) is 0 Å². The van der Waals surface area contributed by atoms with Crippen LogP contribution in [0.4, 0.5) is 0 Å². The molecule has 0 spiro atoms. The van der Waals surface area contributed by atoms with E-state index >= 15 is 0 Å². The van der Waals surface area contributed by atoms with Gasteiger partial charge in [-0.15, -0.1) is 0 Å². The predicted molar refractivity (Wildman–Crippen MR) is 129 cm³/mol. The van der Waals surface area contributed by atoms with E-state index < -0.39 is 9.84 Å². The van der Waals surface area contributed by atoms with Crippen molar-refractivity contribution in [3.8, 4) is 11.4 Å². The normalized spacial score (nSPS) is 17.2. The van der Waals surface area contributed by atoms with Crippen LogP contribution in [0.15, 0.2) is 52.4 Å². The molecule has 4 rings (SSSR count). The van der Waals surface area contributed by atoms with Gasteiger partial charge in [0.05, 0.1) is 41.0 Å². The summed E-state index contributed by atoms with van der Waals surface area (Å²) in [5.41, 5.74) is 1.77. The highest BCUT2D eigenvalue weighted by atomic mass is 32.2. The average Bonchev–Trinajstić information content (AvgIpc) is 3.16. The van der Waals surface area contributed by atoms with Crippen molar-refractivity contribution >= 4 is 38.4 Å². The van der Waals surface area contributed by atoms with Gasteiger partial charge in [-0.05, 0) is 43.2 Å². The predicted octanol–water partition coefficient (Wildman–Crippen LogP) is 2.44. The van der Waals surface area contributed by atoms with Crippen molar-refractivity contribution in [1.82, 2.24) is 14.5 Å². The molecule has 33 heavy (non-hydrogen) atoms. The summed E-state index contributed by atoms with van der Waals surface area (Å²) in [6, 6.07) is 12.3. The maximum absolute atomic E-state index is 13.5. The zero-order valence-electron chi connectivity index (χ0n) is 18.6. The van der Waals surface area contributed by atoms with E-state index in [0.717, 1.165) is 17.3 Å².